The summed E-state index contributed by atoms with van der Waals surface area (Å²) in [5.41, 5.74) is 4.62. The first kappa shape index (κ1) is 21.3. The molecule has 9 heteroatoms. The topological polar surface area (TPSA) is 101 Å². The summed E-state index contributed by atoms with van der Waals surface area (Å²) < 4.78 is 7.43. The number of carbonyl (C=O) groups excluding carboxylic acids is 2. The predicted octanol–water partition coefficient (Wildman–Crippen LogP) is 1.72. The van der Waals surface area contributed by atoms with Crippen LogP contribution in [0.5, 0.6) is 0 Å². The second kappa shape index (κ2) is 8.68. The molecule has 2 aliphatic rings. The number of ether oxygens (including phenoxy) is 1. The minimum atomic E-state index is -0.434. The number of pyridine rings is 1. The van der Waals surface area contributed by atoms with Crippen molar-refractivity contribution in [2.24, 2.45) is 10.9 Å². The molecule has 0 bridgehead atoms. The van der Waals surface area contributed by atoms with Crippen LogP contribution >= 0.6 is 0 Å². The average molecular weight is 425 g/mol. The molecule has 31 heavy (non-hydrogen) atoms. The summed E-state index contributed by atoms with van der Waals surface area (Å²) in [5, 5.41) is 11.2. The van der Waals surface area contributed by atoms with Crippen molar-refractivity contribution in [3.63, 3.8) is 0 Å². The number of nitrogens with zero attached hydrogens (tertiary/aromatic N) is 5. The van der Waals surface area contributed by atoms with E-state index in [2.05, 4.69) is 32.3 Å². The van der Waals surface area contributed by atoms with E-state index in [0.717, 1.165) is 29.9 Å². The summed E-state index contributed by atoms with van der Waals surface area (Å²) in [5.74, 6) is -0.883. The number of hydrogen-bond acceptors (Lipinski definition) is 6. The number of fused-ring (bicyclic) bond motifs is 1. The molecule has 2 aromatic rings. The number of aromatic nitrogens is 3. The highest BCUT2D eigenvalue weighted by Gasteiger charge is 2.27. The van der Waals surface area contributed by atoms with Crippen LogP contribution in [0, 0.1) is 12.8 Å². The van der Waals surface area contributed by atoms with Gasteiger partial charge in [0.15, 0.2) is 5.65 Å². The number of morpholine rings is 1. The Hall–Kier alpha value is -2.91. The normalized spacial score (nSPS) is 21.0. The number of nitrogens with one attached hydrogen (secondary N) is 1. The average Bonchev–Trinajstić information content (AvgIpc) is 3.20. The second-order valence-corrected chi connectivity index (χ2v) is 8.19. The van der Waals surface area contributed by atoms with E-state index in [9.17, 15) is 9.59 Å². The van der Waals surface area contributed by atoms with Gasteiger partial charge in [0.25, 0.3) is 11.8 Å². The molecule has 9 nitrogen and oxygen atoms in total. The van der Waals surface area contributed by atoms with E-state index in [1.165, 1.54) is 0 Å². The molecule has 2 aliphatic heterocycles. The molecule has 0 radical (unpaired) electrons. The van der Waals surface area contributed by atoms with E-state index in [4.69, 9.17) is 4.74 Å². The Balaban J connectivity index is 1.60. The van der Waals surface area contributed by atoms with Crippen molar-refractivity contribution >= 4 is 23.2 Å². The second-order valence-electron chi connectivity index (χ2n) is 8.19. The van der Waals surface area contributed by atoms with Gasteiger partial charge in [-0.05, 0) is 45.4 Å². The largest absolute Gasteiger partial charge is 0.379 e. The number of aliphatic imine (C=N–C) groups is 1. The Kier molecular flexibility index (Phi) is 5.97. The number of carbonyl (C=O) groups is 2. The standard InChI is InChI=1S/C22H28N6O3/c1-13-9-14(2)25-22(30)18(13)11-23-21(29)17-10-19-26-24-12-28(19)20(15(17)3)16(4)27-5-7-31-8-6-27/h9-10,12,16,18H,5-8,11H2,1-4H3,(H,23,29). The number of allylic oxidation sites excluding steroid dienone is 1. The van der Waals surface area contributed by atoms with Crippen molar-refractivity contribution in [1.82, 2.24) is 24.8 Å². The summed E-state index contributed by atoms with van der Waals surface area (Å²) in [6, 6.07) is 1.82. The first-order valence-electron chi connectivity index (χ1n) is 10.6. The third-order valence-corrected chi connectivity index (χ3v) is 6.17. The van der Waals surface area contributed by atoms with Crippen molar-refractivity contribution in [3.05, 3.63) is 40.9 Å². The molecule has 2 atom stereocenters. The lowest BCUT2D eigenvalue weighted by molar-refractivity contribution is -0.120. The van der Waals surface area contributed by atoms with Crippen LogP contribution in [0.25, 0.3) is 5.65 Å². The zero-order valence-corrected chi connectivity index (χ0v) is 18.4. The SMILES string of the molecule is CC1=CC(C)=NC(=O)C1CNC(=O)c1cc2nncn2c(C(C)N2CCOCC2)c1C. The summed E-state index contributed by atoms with van der Waals surface area (Å²) >= 11 is 0. The van der Waals surface area contributed by atoms with Gasteiger partial charge in [-0.1, -0.05) is 5.57 Å². The van der Waals surface area contributed by atoms with Crippen molar-refractivity contribution in [2.75, 3.05) is 32.8 Å². The van der Waals surface area contributed by atoms with Crippen molar-refractivity contribution < 1.29 is 14.3 Å². The molecular weight excluding hydrogens is 396 g/mol. The molecule has 0 aliphatic carbocycles. The van der Waals surface area contributed by atoms with Gasteiger partial charge in [0.2, 0.25) is 0 Å². The molecule has 1 fully saturated rings. The summed E-state index contributed by atoms with van der Waals surface area (Å²) in [6.07, 6.45) is 3.57. The third-order valence-electron chi connectivity index (χ3n) is 6.17. The van der Waals surface area contributed by atoms with E-state index in [0.29, 0.717) is 30.1 Å². The molecule has 0 aromatic carbocycles. The van der Waals surface area contributed by atoms with E-state index in [-0.39, 0.29) is 24.4 Å². The van der Waals surface area contributed by atoms with Crippen molar-refractivity contribution in [3.8, 4) is 0 Å². The summed E-state index contributed by atoms with van der Waals surface area (Å²) in [6.45, 7) is 11.0. The van der Waals surface area contributed by atoms with Gasteiger partial charge in [-0.2, -0.15) is 0 Å². The zero-order chi connectivity index (χ0) is 22.1. The van der Waals surface area contributed by atoms with Gasteiger partial charge in [0.1, 0.15) is 6.33 Å². The summed E-state index contributed by atoms with van der Waals surface area (Å²) in [7, 11) is 0. The van der Waals surface area contributed by atoms with E-state index in [1.54, 1.807) is 19.3 Å². The Morgan fingerprint density at radius 3 is 2.74 bits per heavy atom. The van der Waals surface area contributed by atoms with Crippen LogP contribution in [0.15, 0.2) is 29.0 Å². The molecule has 2 amide bonds. The molecular formula is C22H28N6O3. The smallest absolute Gasteiger partial charge is 0.254 e. The van der Waals surface area contributed by atoms with Crippen LogP contribution in [-0.2, 0) is 9.53 Å². The van der Waals surface area contributed by atoms with Crippen LogP contribution in [0.2, 0.25) is 0 Å². The molecule has 1 N–H and O–H groups in total. The highest BCUT2D eigenvalue weighted by atomic mass is 16.5. The van der Waals surface area contributed by atoms with Crippen LogP contribution in [0.3, 0.4) is 0 Å². The third kappa shape index (κ3) is 4.15. The monoisotopic (exact) mass is 424 g/mol. The maximum Gasteiger partial charge on any atom is 0.254 e. The number of dihydropyridines is 1. The lowest BCUT2D eigenvalue weighted by atomic mass is 9.95. The highest BCUT2D eigenvalue weighted by molar-refractivity contribution is 6.06. The van der Waals surface area contributed by atoms with Crippen molar-refractivity contribution in [1.29, 1.82) is 0 Å². The van der Waals surface area contributed by atoms with Crippen LogP contribution in [0.4, 0.5) is 0 Å². The van der Waals surface area contributed by atoms with Gasteiger partial charge in [0.05, 0.1) is 19.1 Å². The van der Waals surface area contributed by atoms with Gasteiger partial charge in [-0.3, -0.25) is 18.9 Å². The molecule has 4 rings (SSSR count). The highest BCUT2D eigenvalue weighted by Crippen LogP contribution is 2.28. The van der Waals surface area contributed by atoms with Crippen LogP contribution in [-0.4, -0.2) is 69.9 Å². The van der Waals surface area contributed by atoms with E-state index in [1.807, 2.05) is 24.3 Å². The van der Waals surface area contributed by atoms with Gasteiger partial charge >= 0.3 is 0 Å². The van der Waals surface area contributed by atoms with E-state index < -0.39 is 5.92 Å². The number of rotatable bonds is 5. The number of hydrogen-bond donors (Lipinski definition) is 1. The fourth-order valence-corrected chi connectivity index (χ4v) is 4.42. The minimum Gasteiger partial charge on any atom is -0.379 e. The molecule has 1 saturated heterocycles. The minimum absolute atomic E-state index is 0.0672. The molecule has 2 aromatic heterocycles. The first-order chi connectivity index (χ1) is 14.9. The predicted molar refractivity (Wildman–Crippen MR) is 116 cm³/mol. The van der Waals surface area contributed by atoms with Gasteiger partial charge in [0, 0.05) is 42.6 Å². The van der Waals surface area contributed by atoms with Gasteiger partial charge in [-0.25, -0.2) is 4.99 Å². The molecule has 164 valence electrons. The van der Waals surface area contributed by atoms with Gasteiger partial charge < -0.3 is 10.1 Å². The maximum atomic E-state index is 13.1. The van der Waals surface area contributed by atoms with Crippen LogP contribution in [0.1, 0.15) is 48.4 Å². The Morgan fingerprint density at radius 2 is 2.03 bits per heavy atom. The Morgan fingerprint density at radius 1 is 1.29 bits per heavy atom. The quantitative estimate of drug-likeness (QED) is 0.784. The molecule has 0 saturated carbocycles. The summed E-state index contributed by atoms with van der Waals surface area (Å²) in [4.78, 5) is 31.8. The Bertz CT molecular complexity index is 1080. The zero-order valence-electron chi connectivity index (χ0n) is 18.4. The fourth-order valence-electron chi connectivity index (χ4n) is 4.42. The lowest BCUT2D eigenvalue weighted by Crippen LogP contribution is -2.39. The van der Waals surface area contributed by atoms with Crippen LogP contribution < -0.4 is 5.32 Å². The van der Waals surface area contributed by atoms with Crippen molar-refractivity contribution in [2.45, 2.75) is 33.7 Å². The lowest BCUT2D eigenvalue weighted by Gasteiger charge is -2.33. The van der Waals surface area contributed by atoms with Gasteiger partial charge in [-0.15, -0.1) is 10.2 Å². The molecule has 2 unspecified atom stereocenters. The fraction of sp³-hybridized carbons (Fsp3) is 0.500. The molecule has 4 heterocycles. The molecule has 0 spiro atoms. The Labute approximate surface area is 181 Å². The van der Waals surface area contributed by atoms with E-state index >= 15 is 0 Å². The first-order valence-corrected chi connectivity index (χ1v) is 10.6. The maximum absolute atomic E-state index is 13.1. The number of amides is 2.